The molecular weight excluding hydrogens is 303 g/mol. The summed E-state index contributed by atoms with van der Waals surface area (Å²) in [6.45, 7) is 0.189. The van der Waals surface area contributed by atoms with Gasteiger partial charge in [0.1, 0.15) is 17.9 Å². The van der Waals surface area contributed by atoms with E-state index in [2.05, 4.69) is 4.98 Å². The van der Waals surface area contributed by atoms with Crippen molar-refractivity contribution in [2.75, 3.05) is 20.0 Å². The van der Waals surface area contributed by atoms with E-state index in [1.807, 2.05) is 12.1 Å². The summed E-state index contributed by atoms with van der Waals surface area (Å²) in [6.07, 6.45) is 0.177. The van der Waals surface area contributed by atoms with E-state index in [9.17, 15) is 4.39 Å². The average Bonchev–Trinajstić information content (AvgIpc) is 2.99. The van der Waals surface area contributed by atoms with E-state index >= 15 is 0 Å². The molecule has 0 fully saturated rings. The molecule has 2 aromatic carbocycles. The lowest BCUT2D eigenvalue weighted by Crippen LogP contribution is -2.01. The molecule has 0 spiro atoms. The quantitative estimate of drug-likeness (QED) is 0.728. The maximum atomic E-state index is 13.5. The molecule has 0 radical (unpaired) electrons. The van der Waals surface area contributed by atoms with Crippen LogP contribution in [0, 0.1) is 5.82 Å². The SMILES string of the molecule is COc1nc2c(COc3cc(N)c(F)cc3OC)cccc2o1. The van der Waals surface area contributed by atoms with Gasteiger partial charge < -0.3 is 24.4 Å². The van der Waals surface area contributed by atoms with Gasteiger partial charge in [-0.25, -0.2) is 4.39 Å². The third-order valence-corrected chi connectivity index (χ3v) is 3.32. The van der Waals surface area contributed by atoms with Gasteiger partial charge in [0, 0.05) is 17.7 Å². The fourth-order valence-electron chi connectivity index (χ4n) is 2.17. The fourth-order valence-corrected chi connectivity index (χ4v) is 2.17. The highest BCUT2D eigenvalue weighted by Gasteiger charge is 2.13. The summed E-state index contributed by atoms with van der Waals surface area (Å²) in [6, 6.07) is 8.03. The molecule has 3 rings (SSSR count). The van der Waals surface area contributed by atoms with Crippen molar-refractivity contribution in [1.82, 2.24) is 4.98 Å². The van der Waals surface area contributed by atoms with Gasteiger partial charge in [-0.2, -0.15) is 4.98 Å². The van der Waals surface area contributed by atoms with Crippen LogP contribution < -0.4 is 19.9 Å². The van der Waals surface area contributed by atoms with E-state index in [-0.39, 0.29) is 24.1 Å². The first kappa shape index (κ1) is 15.0. The van der Waals surface area contributed by atoms with Crippen LogP contribution in [-0.4, -0.2) is 19.2 Å². The number of ether oxygens (including phenoxy) is 3. The number of nitrogens with two attached hydrogens (primary N) is 1. The third kappa shape index (κ3) is 2.85. The van der Waals surface area contributed by atoms with E-state index in [4.69, 9.17) is 24.4 Å². The number of oxazole rings is 1. The van der Waals surface area contributed by atoms with E-state index in [1.165, 1.54) is 26.4 Å². The number of benzene rings is 2. The molecule has 0 aliphatic rings. The number of hydrogen-bond donors (Lipinski definition) is 1. The molecule has 7 heteroatoms. The maximum Gasteiger partial charge on any atom is 0.394 e. The van der Waals surface area contributed by atoms with Gasteiger partial charge in [-0.15, -0.1) is 0 Å². The van der Waals surface area contributed by atoms with E-state index < -0.39 is 5.82 Å². The Bertz CT molecular complexity index is 847. The second-order valence-corrected chi connectivity index (χ2v) is 4.76. The van der Waals surface area contributed by atoms with Crippen LogP contribution in [0.5, 0.6) is 17.6 Å². The average molecular weight is 318 g/mol. The molecule has 23 heavy (non-hydrogen) atoms. The normalized spacial score (nSPS) is 10.7. The summed E-state index contributed by atoms with van der Waals surface area (Å²) >= 11 is 0. The molecule has 0 saturated carbocycles. The number of nitrogen functional groups attached to an aromatic ring is 1. The van der Waals surface area contributed by atoms with Gasteiger partial charge in [0.15, 0.2) is 17.1 Å². The molecule has 0 bridgehead atoms. The van der Waals surface area contributed by atoms with Gasteiger partial charge in [0.2, 0.25) is 0 Å². The van der Waals surface area contributed by atoms with E-state index in [1.54, 1.807) is 6.07 Å². The minimum atomic E-state index is -0.558. The van der Waals surface area contributed by atoms with Crippen LogP contribution >= 0.6 is 0 Å². The van der Waals surface area contributed by atoms with Crippen molar-refractivity contribution in [2.45, 2.75) is 6.61 Å². The van der Waals surface area contributed by atoms with Crippen LogP contribution in [0.1, 0.15) is 5.56 Å². The van der Waals surface area contributed by atoms with Crippen LogP contribution in [0.4, 0.5) is 10.1 Å². The Morgan fingerprint density at radius 2 is 2.00 bits per heavy atom. The van der Waals surface area contributed by atoms with Crippen LogP contribution in [0.2, 0.25) is 0 Å². The minimum absolute atomic E-state index is 0.0119. The molecule has 3 aromatic rings. The summed E-state index contributed by atoms with van der Waals surface area (Å²) in [5, 5.41) is 0. The topological polar surface area (TPSA) is 79.7 Å². The van der Waals surface area contributed by atoms with Crippen LogP contribution in [0.3, 0.4) is 0 Å². The number of anilines is 1. The number of aromatic nitrogens is 1. The number of fused-ring (bicyclic) bond motifs is 1. The summed E-state index contributed by atoms with van der Waals surface area (Å²) < 4.78 is 34.7. The lowest BCUT2D eigenvalue weighted by molar-refractivity contribution is 0.284. The van der Waals surface area contributed by atoms with Gasteiger partial charge in [-0.1, -0.05) is 12.1 Å². The van der Waals surface area contributed by atoms with Crippen molar-refractivity contribution in [3.05, 3.63) is 41.7 Å². The molecule has 0 aliphatic carbocycles. The summed E-state index contributed by atoms with van der Waals surface area (Å²) in [4.78, 5) is 4.23. The molecule has 120 valence electrons. The smallest absolute Gasteiger partial charge is 0.394 e. The van der Waals surface area contributed by atoms with Crippen molar-refractivity contribution >= 4 is 16.8 Å². The highest BCUT2D eigenvalue weighted by molar-refractivity contribution is 5.77. The van der Waals surface area contributed by atoms with Crippen molar-refractivity contribution in [1.29, 1.82) is 0 Å². The first-order valence-corrected chi connectivity index (χ1v) is 6.80. The summed E-state index contributed by atoms with van der Waals surface area (Å²) in [5.41, 5.74) is 7.58. The standard InChI is InChI=1S/C16H15FN2O4/c1-20-13-6-10(17)11(18)7-14(13)22-8-9-4-3-5-12-15(9)19-16(21-2)23-12/h3-7H,8,18H2,1-2H3. The Kier molecular flexibility index (Phi) is 3.92. The number of hydrogen-bond acceptors (Lipinski definition) is 6. The zero-order valence-corrected chi connectivity index (χ0v) is 12.6. The largest absolute Gasteiger partial charge is 0.493 e. The molecular formula is C16H15FN2O4. The van der Waals surface area contributed by atoms with Crippen molar-refractivity contribution in [3.8, 4) is 17.6 Å². The molecule has 1 aromatic heterocycles. The second kappa shape index (κ2) is 6.04. The predicted octanol–water partition coefficient (Wildman–Crippen LogP) is 3.15. The Balaban J connectivity index is 1.89. The first-order valence-electron chi connectivity index (χ1n) is 6.80. The van der Waals surface area contributed by atoms with Gasteiger partial charge in [-0.3, -0.25) is 0 Å². The van der Waals surface area contributed by atoms with Crippen molar-refractivity contribution < 1.29 is 23.0 Å². The molecule has 0 saturated heterocycles. The zero-order chi connectivity index (χ0) is 16.4. The number of halogens is 1. The van der Waals surface area contributed by atoms with Crippen molar-refractivity contribution in [3.63, 3.8) is 0 Å². The molecule has 0 aliphatic heterocycles. The minimum Gasteiger partial charge on any atom is -0.493 e. The predicted molar refractivity (Wildman–Crippen MR) is 82.3 cm³/mol. The lowest BCUT2D eigenvalue weighted by atomic mass is 10.2. The van der Waals surface area contributed by atoms with Crippen molar-refractivity contribution in [2.24, 2.45) is 0 Å². The maximum absolute atomic E-state index is 13.5. The van der Waals surface area contributed by atoms with Gasteiger partial charge in [-0.05, 0) is 6.07 Å². The summed E-state index contributed by atoms with van der Waals surface area (Å²) in [5.74, 6) is 0.0537. The van der Waals surface area contributed by atoms with Gasteiger partial charge in [0.05, 0.1) is 19.9 Å². The fraction of sp³-hybridized carbons (Fsp3) is 0.188. The highest BCUT2D eigenvalue weighted by Crippen LogP contribution is 2.32. The monoisotopic (exact) mass is 318 g/mol. The Labute approximate surface area is 131 Å². The van der Waals surface area contributed by atoms with Gasteiger partial charge in [0.25, 0.3) is 0 Å². The Morgan fingerprint density at radius 3 is 2.74 bits per heavy atom. The molecule has 0 amide bonds. The van der Waals surface area contributed by atoms with Crippen LogP contribution in [0.15, 0.2) is 34.7 Å². The lowest BCUT2D eigenvalue weighted by Gasteiger charge is -2.12. The highest BCUT2D eigenvalue weighted by atomic mass is 19.1. The number of methoxy groups -OCH3 is 2. The van der Waals surface area contributed by atoms with Crippen LogP contribution in [-0.2, 0) is 6.61 Å². The Morgan fingerprint density at radius 1 is 1.17 bits per heavy atom. The zero-order valence-electron chi connectivity index (χ0n) is 12.6. The molecule has 0 atom stereocenters. The number of rotatable bonds is 5. The number of nitrogens with zero attached hydrogens (tertiary/aromatic N) is 1. The third-order valence-electron chi connectivity index (χ3n) is 3.32. The first-order chi connectivity index (χ1) is 11.1. The van der Waals surface area contributed by atoms with E-state index in [0.717, 1.165) is 5.56 Å². The number of para-hydroxylation sites is 1. The summed E-state index contributed by atoms with van der Waals surface area (Å²) in [7, 11) is 2.91. The molecule has 6 nitrogen and oxygen atoms in total. The van der Waals surface area contributed by atoms with E-state index in [0.29, 0.717) is 16.8 Å². The Hall–Kier alpha value is -2.96. The molecule has 2 N–H and O–H groups in total. The second-order valence-electron chi connectivity index (χ2n) is 4.76. The molecule has 0 unspecified atom stereocenters. The van der Waals surface area contributed by atoms with Gasteiger partial charge >= 0.3 is 6.08 Å². The molecule has 1 heterocycles. The van der Waals surface area contributed by atoms with Crippen LogP contribution in [0.25, 0.3) is 11.1 Å².